The van der Waals surface area contributed by atoms with Crippen molar-refractivity contribution in [3.05, 3.63) is 48.0 Å². The van der Waals surface area contributed by atoms with Gasteiger partial charge in [-0.25, -0.2) is 4.39 Å². The van der Waals surface area contributed by atoms with Crippen molar-refractivity contribution >= 4 is 11.8 Å². The van der Waals surface area contributed by atoms with E-state index in [1.165, 1.54) is 11.0 Å². The van der Waals surface area contributed by atoms with Crippen LogP contribution in [0.4, 0.5) is 4.39 Å². The lowest BCUT2D eigenvalue weighted by molar-refractivity contribution is -0.136. The van der Waals surface area contributed by atoms with E-state index in [2.05, 4.69) is 5.32 Å². The lowest BCUT2D eigenvalue weighted by Crippen LogP contribution is -2.42. The molecule has 140 valence electrons. The first kappa shape index (κ1) is 19.7. The molecule has 1 aromatic heterocycles. The third kappa shape index (κ3) is 5.44. The molecule has 2 amide bonds. The van der Waals surface area contributed by atoms with Crippen LogP contribution >= 0.6 is 0 Å². The molecule has 0 bridgehead atoms. The highest BCUT2D eigenvalue weighted by atomic mass is 19.1. The molecule has 0 saturated carbocycles. The Morgan fingerprint density at radius 1 is 1.19 bits per heavy atom. The van der Waals surface area contributed by atoms with Crippen LogP contribution in [0.2, 0.25) is 0 Å². The van der Waals surface area contributed by atoms with Crippen molar-refractivity contribution in [2.45, 2.75) is 39.7 Å². The second-order valence-electron chi connectivity index (χ2n) is 6.38. The van der Waals surface area contributed by atoms with Gasteiger partial charge in [-0.3, -0.25) is 9.59 Å². The largest absolute Gasteiger partial charge is 0.461 e. The van der Waals surface area contributed by atoms with E-state index in [0.29, 0.717) is 30.0 Å². The molecule has 6 heteroatoms. The molecular weight excluding hydrogens is 335 g/mol. The number of carbonyl (C=O) groups excluding carboxylic acids is 2. The average molecular weight is 360 g/mol. The Morgan fingerprint density at radius 3 is 2.58 bits per heavy atom. The number of amides is 2. The molecule has 0 unspecified atom stereocenters. The van der Waals surface area contributed by atoms with Crippen molar-refractivity contribution < 1.29 is 18.4 Å². The molecule has 5 nitrogen and oxygen atoms in total. The summed E-state index contributed by atoms with van der Waals surface area (Å²) in [6, 6.07) is 9.87. The Bertz CT molecular complexity index is 755. The van der Waals surface area contributed by atoms with Crippen molar-refractivity contribution in [2.24, 2.45) is 0 Å². The molecule has 0 aliphatic rings. The van der Waals surface area contributed by atoms with Gasteiger partial charge in [-0.15, -0.1) is 0 Å². The molecule has 0 aliphatic carbocycles. The molecule has 26 heavy (non-hydrogen) atoms. The van der Waals surface area contributed by atoms with Crippen LogP contribution in [0.5, 0.6) is 0 Å². The SMILES string of the molecule is CCN(CC(=O)NC(C)C)C(=O)CCc1ccc(-c2ccccc2F)o1. The van der Waals surface area contributed by atoms with Crippen LogP contribution in [-0.2, 0) is 16.0 Å². The number of rotatable bonds is 8. The van der Waals surface area contributed by atoms with E-state index < -0.39 is 0 Å². The highest BCUT2D eigenvalue weighted by molar-refractivity contribution is 5.85. The van der Waals surface area contributed by atoms with Gasteiger partial charge in [0.1, 0.15) is 17.3 Å². The summed E-state index contributed by atoms with van der Waals surface area (Å²) in [5, 5.41) is 2.78. The summed E-state index contributed by atoms with van der Waals surface area (Å²) in [5.74, 6) is 0.414. The summed E-state index contributed by atoms with van der Waals surface area (Å²) in [5.41, 5.74) is 0.394. The van der Waals surface area contributed by atoms with Crippen molar-refractivity contribution in [3.8, 4) is 11.3 Å². The third-order valence-electron chi connectivity index (χ3n) is 3.90. The predicted molar refractivity (Wildman–Crippen MR) is 98.0 cm³/mol. The minimum Gasteiger partial charge on any atom is -0.461 e. The molecule has 1 heterocycles. The molecule has 0 aliphatic heterocycles. The van der Waals surface area contributed by atoms with Crippen LogP contribution in [0.3, 0.4) is 0 Å². The number of furan rings is 1. The molecular formula is C20H25FN2O3. The van der Waals surface area contributed by atoms with E-state index in [-0.39, 0.29) is 36.6 Å². The van der Waals surface area contributed by atoms with Crippen molar-refractivity contribution in [1.29, 1.82) is 0 Å². The lowest BCUT2D eigenvalue weighted by atomic mass is 10.1. The first-order chi connectivity index (χ1) is 12.4. The van der Waals surface area contributed by atoms with Crippen molar-refractivity contribution in [1.82, 2.24) is 10.2 Å². The molecule has 1 N–H and O–H groups in total. The zero-order chi connectivity index (χ0) is 19.1. The van der Waals surface area contributed by atoms with Crippen molar-refractivity contribution in [3.63, 3.8) is 0 Å². The normalized spacial score (nSPS) is 10.8. The average Bonchev–Trinajstić information content (AvgIpc) is 3.06. The van der Waals surface area contributed by atoms with Gasteiger partial charge in [-0.05, 0) is 45.0 Å². The van der Waals surface area contributed by atoms with Gasteiger partial charge in [-0.2, -0.15) is 0 Å². The summed E-state index contributed by atoms with van der Waals surface area (Å²) in [6.45, 7) is 6.10. The van der Waals surface area contributed by atoms with Gasteiger partial charge in [0.2, 0.25) is 11.8 Å². The van der Waals surface area contributed by atoms with E-state index in [1.54, 1.807) is 30.3 Å². The van der Waals surface area contributed by atoms with E-state index in [0.717, 1.165) is 0 Å². The number of nitrogens with one attached hydrogen (secondary N) is 1. The highest BCUT2D eigenvalue weighted by Crippen LogP contribution is 2.25. The Kier molecular flexibility index (Phi) is 6.95. The van der Waals surface area contributed by atoms with Crippen LogP contribution in [0.25, 0.3) is 11.3 Å². The maximum atomic E-state index is 13.8. The standard InChI is InChI=1S/C20H25FN2O3/c1-4-23(13-19(24)22-14(2)3)20(25)12-10-15-9-11-18(26-15)16-7-5-6-8-17(16)21/h5-9,11,14H,4,10,12-13H2,1-3H3,(H,22,24). The second-order valence-corrected chi connectivity index (χ2v) is 6.38. The Morgan fingerprint density at radius 2 is 1.92 bits per heavy atom. The first-order valence-electron chi connectivity index (χ1n) is 8.81. The molecule has 0 radical (unpaired) electrons. The highest BCUT2D eigenvalue weighted by Gasteiger charge is 2.17. The maximum Gasteiger partial charge on any atom is 0.239 e. The fourth-order valence-electron chi connectivity index (χ4n) is 2.62. The lowest BCUT2D eigenvalue weighted by Gasteiger charge is -2.21. The molecule has 2 rings (SSSR count). The van der Waals surface area contributed by atoms with Gasteiger partial charge in [0.15, 0.2) is 0 Å². The van der Waals surface area contributed by atoms with E-state index in [4.69, 9.17) is 4.42 Å². The predicted octanol–water partition coefficient (Wildman–Crippen LogP) is 3.39. The number of nitrogens with zero attached hydrogens (tertiary/aromatic N) is 1. The number of carbonyl (C=O) groups is 2. The Labute approximate surface area is 153 Å². The number of hydrogen-bond donors (Lipinski definition) is 1. The van der Waals surface area contributed by atoms with Gasteiger partial charge in [0, 0.05) is 25.4 Å². The molecule has 0 spiro atoms. The summed E-state index contributed by atoms with van der Waals surface area (Å²) in [4.78, 5) is 25.7. The quantitative estimate of drug-likeness (QED) is 0.785. The van der Waals surface area contributed by atoms with E-state index in [1.807, 2.05) is 20.8 Å². The van der Waals surface area contributed by atoms with Crippen molar-refractivity contribution in [2.75, 3.05) is 13.1 Å². The van der Waals surface area contributed by atoms with Gasteiger partial charge < -0.3 is 14.6 Å². The second kappa shape index (κ2) is 9.17. The molecule has 0 atom stereocenters. The smallest absolute Gasteiger partial charge is 0.239 e. The third-order valence-corrected chi connectivity index (χ3v) is 3.90. The minimum absolute atomic E-state index is 0.0382. The first-order valence-corrected chi connectivity index (χ1v) is 8.81. The number of benzene rings is 1. The maximum absolute atomic E-state index is 13.8. The summed E-state index contributed by atoms with van der Waals surface area (Å²) in [7, 11) is 0. The summed E-state index contributed by atoms with van der Waals surface area (Å²) >= 11 is 0. The molecule has 1 aromatic carbocycles. The van der Waals surface area contributed by atoms with Gasteiger partial charge in [0.25, 0.3) is 0 Å². The fraction of sp³-hybridized carbons (Fsp3) is 0.400. The zero-order valence-corrected chi connectivity index (χ0v) is 15.4. The van der Waals surface area contributed by atoms with Crippen LogP contribution in [0, 0.1) is 5.82 Å². The van der Waals surface area contributed by atoms with Gasteiger partial charge in [-0.1, -0.05) is 12.1 Å². The van der Waals surface area contributed by atoms with Crippen LogP contribution < -0.4 is 5.32 Å². The summed E-state index contributed by atoms with van der Waals surface area (Å²) in [6.07, 6.45) is 0.628. The monoisotopic (exact) mass is 360 g/mol. The van der Waals surface area contributed by atoms with Crippen LogP contribution in [-0.4, -0.2) is 35.8 Å². The molecule has 0 fully saturated rings. The Balaban J connectivity index is 1.92. The topological polar surface area (TPSA) is 62.6 Å². The van der Waals surface area contributed by atoms with E-state index >= 15 is 0 Å². The number of aryl methyl sites for hydroxylation is 1. The van der Waals surface area contributed by atoms with Gasteiger partial charge in [0.05, 0.1) is 12.1 Å². The van der Waals surface area contributed by atoms with Crippen LogP contribution in [0.15, 0.2) is 40.8 Å². The van der Waals surface area contributed by atoms with Crippen LogP contribution in [0.1, 0.15) is 33.0 Å². The van der Waals surface area contributed by atoms with Gasteiger partial charge >= 0.3 is 0 Å². The zero-order valence-electron chi connectivity index (χ0n) is 15.4. The number of hydrogen-bond acceptors (Lipinski definition) is 3. The molecule has 0 saturated heterocycles. The molecule has 2 aromatic rings. The number of halogens is 1. The minimum atomic E-state index is -0.349. The summed E-state index contributed by atoms with van der Waals surface area (Å²) < 4.78 is 19.5. The van der Waals surface area contributed by atoms with E-state index in [9.17, 15) is 14.0 Å². The fourth-order valence-corrected chi connectivity index (χ4v) is 2.62. The Hall–Kier alpha value is -2.63. The number of likely N-dealkylation sites (N-methyl/N-ethyl adjacent to an activating group) is 1.